The molecule has 0 spiro atoms. The lowest BCUT2D eigenvalue weighted by Crippen LogP contribution is -2.74. The molecule has 3 nitrogen and oxygen atoms in total. The lowest BCUT2D eigenvalue weighted by Gasteiger charge is -2.36. The molecule has 9 aromatic carbocycles. The predicted molar refractivity (Wildman–Crippen MR) is 248 cm³/mol. The first kappa shape index (κ1) is 33.8. The van der Waals surface area contributed by atoms with Crippen LogP contribution >= 0.6 is 0 Å². The highest BCUT2D eigenvalue weighted by atomic mass is 28.3. The van der Waals surface area contributed by atoms with Crippen LogP contribution in [0.2, 0.25) is 0 Å². The molecular formula is C54H36BNO2Si. The Morgan fingerprint density at radius 1 is 0.390 bits per heavy atom. The number of hydrogen-bond donors (Lipinski definition) is 0. The molecule has 0 saturated heterocycles. The SMILES string of the molecule is c1ccc([Si](c2ccccc2)(c2ccccc2)c2cccc(-c3cc4c5c(c3-n3c6ccccc6c6ccccc63)Oc3ccccc3B5c3ccccc3O4)c2)cc1. The van der Waals surface area contributed by atoms with Gasteiger partial charge >= 0.3 is 0 Å². The van der Waals surface area contributed by atoms with Crippen molar-refractivity contribution in [3.63, 3.8) is 0 Å². The van der Waals surface area contributed by atoms with Crippen molar-refractivity contribution in [2.75, 3.05) is 0 Å². The average Bonchev–Trinajstić information content (AvgIpc) is 3.64. The van der Waals surface area contributed by atoms with Crippen LogP contribution in [0, 0.1) is 0 Å². The summed E-state index contributed by atoms with van der Waals surface area (Å²) >= 11 is 0. The highest BCUT2D eigenvalue weighted by molar-refractivity contribution is 7.20. The van der Waals surface area contributed by atoms with Crippen molar-refractivity contribution in [2.45, 2.75) is 0 Å². The summed E-state index contributed by atoms with van der Waals surface area (Å²) < 4.78 is 16.7. The second kappa shape index (κ2) is 13.4. The van der Waals surface area contributed by atoms with Crippen LogP contribution < -0.4 is 46.6 Å². The molecule has 3 heterocycles. The van der Waals surface area contributed by atoms with Gasteiger partial charge in [0.15, 0.2) is 13.8 Å². The number of rotatable bonds is 6. The lowest BCUT2D eigenvalue weighted by molar-refractivity contribution is 0.463. The van der Waals surface area contributed by atoms with Crippen molar-refractivity contribution >= 4 is 73.7 Å². The number of fused-ring (bicyclic) bond motifs is 7. The number of ether oxygens (including phenoxy) is 2. The monoisotopic (exact) mass is 769 g/mol. The van der Waals surface area contributed by atoms with E-state index < -0.39 is 8.07 Å². The van der Waals surface area contributed by atoms with Crippen molar-refractivity contribution < 1.29 is 9.47 Å². The van der Waals surface area contributed by atoms with E-state index in [0.29, 0.717) is 0 Å². The van der Waals surface area contributed by atoms with E-state index in [1.54, 1.807) is 0 Å². The summed E-state index contributed by atoms with van der Waals surface area (Å²) in [5.74, 6) is 3.39. The van der Waals surface area contributed by atoms with Crippen LogP contribution in [0.4, 0.5) is 0 Å². The van der Waals surface area contributed by atoms with Crippen LogP contribution in [0.3, 0.4) is 0 Å². The zero-order valence-electron chi connectivity index (χ0n) is 32.1. The summed E-state index contributed by atoms with van der Waals surface area (Å²) in [7, 11) is -2.85. The molecule has 0 saturated carbocycles. The largest absolute Gasteiger partial charge is 0.458 e. The smallest absolute Gasteiger partial charge is 0.260 e. The highest BCUT2D eigenvalue weighted by Gasteiger charge is 2.44. The van der Waals surface area contributed by atoms with E-state index in [-0.39, 0.29) is 6.71 Å². The van der Waals surface area contributed by atoms with Gasteiger partial charge in [0.2, 0.25) is 0 Å². The maximum Gasteiger partial charge on any atom is 0.260 e. The van der Waals surface area contributed by atoms with Crippen LogP contribution in [0.15, 0.2) is 218 Å². The van der Waals surface area contributed by atoms with Crippen molar-refractivity contribution in [1.29, 1.82) is 0 Å². The summed E-state index contributed by atoms with van der Waals surface area (Å²) in [5, 5.41) is 7.70. The first-order chi connectivity index (χ1) is 29.3. The number of hydrogen-bond acceptors (Lipinski definition) is 2. The molecule has 0 aliphatic carbocycles. The molecule has 0 atom stereocenters. The molecule has 0 N–H and O–H groups in total. The molecule has 0 amide bonds. The van der Waals surface area contributed by atoms with Crippen LogP contribution in [0.5, 0.6) is 23.0 Å². The Balaban J connectivity index is 1.21. The third-order valence-corrected chi connectivity index (χ3v) is 17.2. The first-order valence-electron chi connectivity index (χ1n) is 20.3. The third kappa shape index (κ3) is 5.02. The van der Waals surface area contributed by atoms with Gasteiger partial charge in [-0.1, -0.05) is 188 Å². The maximum absolute atomic E-state index is 7.27. The second-order valence-corrected chi connectivity index (χ2v) is 19.3. The Bertz CT molecular complexity index is 3070. The zero-order valence-corrected chi connectivity index (χ0v) is 33.1. The molecule has 0 fully saturated rings. The number of para-hydroxylation sites is 4. The topological polar surface area (TPSA) is 23.4 Å². The van der Waals surface area contributed by atoms with Gasteiger partial charge in [0.05, 0.1) is 16.7 Å². The summed E-state index contributed by atoms with van der Waals surface area (Å²) in [6.07, 6.45) is 0. The minimum atomic E-state index is -2.85. The molecule has 2 aliphatic heterocycles. The third-order valence-electron chi connectivity index (χ3n) is 12.5. The molecule has 276 valence electrons. The molecule has 0 bridgehead atoms. The summed E-state index contributed by atoms with van der Waals surface area (Å²) in [6, 6.07) is 79.4. The second-order valence-electron chi connectivity index (χ2n) is 15.5. The Morgan fingerprint density at radius 2 is 0.864 bits per heavy atom. The standard InChI is InChI=1S/C54H36BNO2Si/c1-4-20-38(21-5-1)59(39-22-6-2-7-23-39,40-24-8-3-9-25-40)41-26-18-19-37(35-41)44-36-51-52-54(53(44)56-47-31-14-10-27-42(47)43-28-11-15-32-48(43)56)58-50-34-17-13-30-46(50)55(52)45-29-12-16-33-49(45)57-51/h1-36H. The van der Waals surface area contributed by atoms with Gasteiger partial charge in [0.1, 0.15) is 17.2 Å². The number of benzene rings is 9. The van der Waals surface area contributed by atoms with Crippen molar-refractivity contribution in [3.8, 4) is 39.8 Å². The fourth-order valence-electron chi connectivity index (χ4n) is 10.0. The van der Waals surface area contributed by atoms with Gasteiger partial charge in [-0.3, -0.25) is 0 Å². The van der Waals surface area contributed by atoms with Crippen LogP contribution in [-0.4, -0.2) is 19.4 Å². The Kier molecular flexibility index (Phi) is 7.65. The molecule has 12 rings (SSSR count). The van der Waals surface area contributed by atoms with Crippen molar-refractivity contribution in [3.05, 3.63) is 218 Å². The van der Waals surface area contributed by atoms with E-state index in [0.717, 1.165) is 67.2 Å². The van der Waals surface area contributed by atoms with Gasteiger partial charge in [-0.15, -0.1) is 0 Å². The molecule has 0 radical (unpaired) electrons. The Labute approximate surface area is 344 Å². The van der Waals surface area contributed by atoms with E-state index in [1.807, 2.05) is 0 Å². The minimum Gasteiger partial charge on any atom is -0.458 e. The molecule has 2 aliphatic rings. The highest BCUT2D eigenvalue weighted by Crippen LogP contribution is 2.46. The van der Waals surface area contributed by atoms with E-state index in [2.05, 4.69) is 223 Å². The van der Waals surface area contributed by atoms with Crippen molar-refractivity contribution in [2.24, 2.45) is 0 Å². The first-order valence-corrected chi connectivity index (χ1v) is 22.3. The van der Waals surface area contributed by atoms with Crippen LogP contribution in [0.25, 0.3) is 38.6 Å². The maximum atomic E-state index is 7.27. The van der Waals surface area contributed by atoms with Gasteiger partial charge in [-0.05, 0) is 67.6 Å². The van der Waals surface area contributed by atoms with Gasteiger partial charge in [-0.2, -0.15) is 0 Å². The van der Waals surface area contributed by atoms with E-state index >= 15 is 0 Å². The average molecular weight is 770 g/mol. The van der Waals surface area contributed by atoms with Gasteiger partial charge in [0, 0.05) is 21.8 Å². The van der Waals surface area contributed by atoms with Gasteiger partial charge < -0.3 is 14.0 Å². The van der Waals surface area contributed by atoms with E-state index in [9.17, 15) is 0 Å². The zero-order chi connectivity index (χ0) is 38.9. The van der Waals surface area contributed by atoms with E-state index in [4.69, 9.17) is 9.47 Å². The normalized spacial score (nSPS) is 12.6. The minimum absolute atomic E-state index is 0.0589. The quantitative estimate of drug-likeness (QED) is 0.125. The van der Waals surface area contributed by atoms with Gasteiger partial charge in [0.25, 0.3) is 6.71 Å². The molecule has 1 aromatic heterocycles. The summed E-state index contributed by atoms with van der Waals surface area (Å²) in [6.45, 7) is -0.0589. The fraction of sp³-hybridized carbons (Fsp3) is 0. The van der Waals surface area contributed by atoms with E-state index in [1.165, 1.54) is 31.5 Å². The Hall–Kier alpha value is -7.34. The molecule has 10 aromatic rings. The molecule has 59 heavy (non-hydrogen) atoms. The molecule has 5 heteroatoms. The van der Waals surface area contributed by atoms with Crippen molar-refractivity contribution in [1.82, 2.24) is 4.57 Å². The van der Waals surface area contributed by atoms with Gasteiger partial charge in [-0.25, -0.2) is 0 Å². The predicted octanol–water partition coefficient (Wildman–Crippen LogP) is 8.56. The summed E-state index contributed by atoms with van der Waals surface area (Å²) in [4.78, 5) is 0. The number of aromatic nitrogens is 1. The van der Waals surface area contributed by atoms with Crippen LogP contribution in [0.1, 0.15) is 0 Å². The molecular weight excluding hydrogens is 733 g/mol. The van der Waals surface area contributed by atoms with Crippen LogP contribution in [-0.2, 0) is 0 Å². The lowest BCUT2D eigenvalue weighted by atomic mass is 9.34. The fourth-order valence-corrected chi connectivity index (χ4v) is 14.8. The Morgan fingerprint density at radius 3 is 1.44 bits per heavy atom. The number of nitrogens with zero attached hydrogens (tertiary/aromatic N) is 1. The molecule has 0 unspecified atom stereocenters. The summed E-state index contributed by atoms with van der Waals surface area (Å²) in [5.41, 5.74) is 8.74.